The summed E-state index contributed by atoms with van der Waals surface area (Å²) in [6, 6.07) is 15.2. The molecule has 5 rings (SSSR count). The Morgan fingerprint density at radius 2 is 1.68 bits per heavy atom. The van der Waals surface area contributed by atoms with Crippen molar-refractivity contribution in [1.82, 2.24) is 8.75 Å². The maximum absolute atomic E-state index is 13.9. The fourth-order valence-corrected chi connectivity index (χ4v) is 4.77. The minimum atomic E-state index is -1.45. The molecule has 0 radical (unpaired) electrons. The fraction of sp³-hybridized carbons (Fsp3) is 0.185. The molecular weight excluding hydrogens is 503 g/mol. The van der Waals surface area contributed by atoms with E-state index in [1.54, 1.807) is 49.6 Å². The molecule has 0 saturated heterocycles. The molecular formula is C27H21N2NaO6S. The first kappa shape index (κ1) is 26.8. The van der Waals surface area contributed by atoms with Crippen LogP contribution < -0.4 is 48.9 Å². The average Bonchev–Trinajstić information content (AvgIpc) is 3.35. The quantitative estimate of drug-likeness (QED) is 0.194. The van der Waals surface area contributed by atoms with Crippen LogP contribution in [0.4, 0.5) is 0 Å². The number of carboxylic acids is 1. The summed E-state index contributed by atoms with van der Waals surface area (Å²) in [7, 11) is 1.58. The number of allylic oxidation sites excluding steroid dienone is 1. The van der Waals surface area contributed by atoms with Crippen LogP contribution >= 0.6 is 11.7 Å². The van der Waals surface area contributed by atoms with Crippen LogP contribution in [0, 0.1) is 6.92 Å². The van der Waals surface area contributed by atoms with E-state index in [2.05, 4.69) is 8.75 Å². The predicted molar refractivity (Wildman–Crippen MR) is 133 cm³/mol. The van der Waals surface area contributed by atoms with Gasteiger partial charge in [-0.25, -0.2) is 0 Å². The number of carbonyl (C=O) groups is 2. The summed E-state index contributed by atoms with van der Waals surface area (Å²) in [6.45, 7) is 2.67. The van der Waals surface area contributed by atoms with Crippen molar-refractivity contribution in [2.45, 2.75) is 13.3 Å². The van der Waals surface area contributed by atoms with Crippen molar-refractivity contribution in [3.8, 4) is 17.2 Å². The minimum Gasteiger partial charge on any atom is -0.545 e. The number of fused-ring (bicyclic) bond motifs is 2. The SMILES string of the molecule is COc1ccc(CC(C(=O)c2ccc3c(c2)OCCO3)=C(C(=O)[O-])c2ccc3nsnc3c2)cc1C.[Na+]. The molecule has 0 atom stereocenters. The molecule has 10 heteroatoms. The first-order valence-electron chi connectivity index (χ1n) is 11.2. The van der Waals surface area contributed by atoms with Gasteiger partial charge in [-0.15, -0.1) is 0 Å². The van der Waals surface area contributed by atoms with Crippen molar-refractivity contribution in [3.63, 3.8) is 0 Å². The topological polar surface area (TPSA) is 111 Å². The van der Waals surface area contributed by atoms with Gasteiger partial charge >= 0.3 is 29.6 Å². The summed E-state index contributed by atoms with van der Waals surface area (Å²) in [5, 5.41) is 12.5. The first-order chi connectivity index (χ1) is 17.4. The number of Topliss-reactive ketones (excluding diaryl/α,β-unsaturated/α-hetero) is 1. The summed E-state index contributed by atoms with van der Waals surface area (Å²) >= 11 is 1.03. The second-order valence-electron chi connectivity index (χ2n) is 8.28. The van der Waals surface area contributed by atoms with Crippen LogP contribution in [0.15, 0.2) is 60.2 Å². The normalized spacial score (nSPS) is 12.9. The Kier molecular flexibility index (Phi) is 8.29. The van der Waals surface area contributed by atoms with Gasteiger partial charge in [0.2, 0.25) is 0 Å². The molecule has 0 bridgehead atoms. The van der Waals surface area contributed by atoms with E-state index in [9.17, 15) is 14.7 Å². The molecule has 0 fully saturated rings. The van der Waals surface area contributed by atoms with Gasteiger partial charge in [0.1, 0.15) is 30.0 Å². The van der Waals surface area contributed by atoms with Gasteiger partial charge in [-0.05, 0) is 60.0 Å². The number of carbonyl (C=O) groups excluding carboxylic acids is 2. The second kappa shape index (κ2) is 11.4. The molecule has 0 unspecified atom stereocenters. The van der Waals surface area contributed by atoms with Crippen molar-refractivity contribution < 1.29 is 58.5 Å². The van der Waals surface area contributed by atoms with Crippen molar-refractivity contribution in [3.05, 3.63) is 82.4 Å². The summed E-state index contributed by atoms with van der Waals surface area (Å²) in [6.07, 6.45) is 0.0643. The monoisotopic (exact) mass is 524 g/mol. The molecule has 8 nitrogen and oxygen atoms in total. The van der Waals surface area contributed by atoms with E-state index in [1.807, 2.05) is 19.1 Å². The second-order valence-corrected chi connectivity index (χ2v) is 8.81. The van der Waals surface area contributed by atoms with Crippen molar-refractivity contribution >= 4 is 40.1 Å². The van der Waals surface area contributed by atoms with Gasteiger partial charge in [-0.3, -0.25) is 4.79 Å². The maximum atomic E-state index is 13.9. The predicted octanol–water partition coefficient (Wildman–Crippen LogP) is 0.413. The summed E-state index contributed by atoms with van der Waals surface area (Å²) in [5.74, 6) is -0.226. The zero-order chi connectivity index (χ0) is 25.2. The van der Waals surface area contributed by atoms with E-state index < -0.39 is 11.8 Å². The third kappa shape index (κ3) is 5.55. The molecule has 0 aliphatic carbocycles. The number of hydrogen-bond donors (Lipinski definition) is 0. The Bertz CT molecular complexity index is 1530. The average molecular weight is 525 g/mol. The van der Waals surface area contributed by atoms with Crippen molar-refractivity contribution in [1.29, 1.82) is 0 Å². The third-order valence-corrected chi connectivity index (χ3v) is 6.52. The van der Waals surface area contributed by atoms with E-state index in [4.69, 9.17) is 14.2 Å². The van der Waals surface area contributed by atoms with Crippen LogP contribution in [0.1, 0.15) is 27.0 Å². The van der Waals surface area contributed by atoms with E-state index >= 15 is 0 Å². The molecule has 1 aromatic heterocycles. The van der Waals surface area contributed by atoms with Crippen LogP contribution in [0.25, 0.3) is 16.6 Å². The number of rotatable bonds is 7. The minimum absolute atomic E-state index is 0. The molecule has 1 aliphatic rings. The fourth-order valence-electron chi connectivity index (χ4n) is 4.25. The standard InChI is InChI=1S/C27H22N2O6S.Na/c1-15-11-16(3-7-22(15)33-2)12-19(26(30)18-5-8-23-24(14-18)35-10-9-34-23)25(27(31)32)17-4-6-20-21(13-17)29-36-28-20;/h3-8,11,13-14H,9-10,12H2,1-2H3,(H,31,32);/q;+1/p-1. The summed E-state index contributed by atoms with van der Waals surface area (Å²) in [4.78, 5) is 26.4. The van der Waals surface area contributed by atoms with Gasteiger partial charge in [0, 0.05) is 23.1 Å². The number of aryl methyl sites for hydroxylation is 1. The van der Waals surface area contributed by atoms with Crippen LogP contribution in [0.3, 0.4) is 0 Å². The number of benzene rings is 3. The summed E-state index contributed by atoms with van der Waals surface area (Å²) < 4.78 is 24.9. The number of aromatic nitrogens is 2. The van der Waals surface area contributed by atoms with Crippen LogP contribution in [0.2, 0.25) is 0 Å². The van der Waals surface area contributed by atoms with Crippen LogP contribution in [-0.4, -0.2) is 40.8 Å². The number of hydrogen-bond acceptors (Lipinski definition) is 9. The molecule has 2 heterocycles. The molecule has 0 spiro atoms. The number of carboxylic acid groups (broad SMARTS) is 1. The Morgan fingerprint density at radius 3 is 2.41 bits per heavy atom. The molecule has 3 aromatic carbocycles. The molecule has 182 valence electrons. The molecule has 1 aliphatic heterocycles. The maximum Gasteiger partial charge on any atom is 1.00 e. The van der Waals surface area contributed by atoms with Crippen molar-refractivity contribution in [2.24, 2.45) is 0 Å². The molecule has 0 saturated carbocycles. The Labute approximate surface area is 239 Å². The van der Waals surface area contributed by atoms with Gasteiger partial charge in [0.25, 0.3) is 0 Å². The first-order valence-corrected chi connectivity index (χ1v) is 11.9. The number of methoxy groups -OCH3 is 1. The van der Waals surface area contributed by atoms with Gasteiger partial charge in [-0.2, -0.15) is 8.75 Å². The van der Waals surface area contributed by atoms with E-state index in [0.29, 0.717) is 47.1 Å². The number of aliphatic carboxylic acids is 1. The van der Waals surface area contributed by atoms with E-state index in [1.165, 1.54) is 0 Å². The van der Waals surface area contributed by atoms with Crippen LogP contribution in [0.5, 0.6) is 17.2 Å². The number of nitrogens with zero attached hydrogens (tertiary/aromatic N) is 2. The number of ketones is 1. The van der Waals surface area contributed by atoms with Gasteiger partial charge in [-0.1, -0.05) is 18.2 Å². The summed E-state index contributed by atoms with van der Waals surface area (Å²) in [5.41, 5.74) is 3.30. The van der Waals surface area contributed by atoms with Gasteiger partial charge in [0.05, 0.1) is 24.8 Å². The smallest absolute Gasteiger partial charge is 0.545 e. The Balaban J connectivity index is 0.00000320. The Hall–Kier alpha value is -3.24. The zero-order valence-corrected chi connectivity index (χ0v) is 23.4. The largest absolute Gasteiger partial charge is 1.00 e. The zero-order valence-electron chi connectivity index (χ0n) is 20.6. The van der Waals surface area contributed by atoms with Gasteiger partial charge in [0.15, 0.2) is 17.3 Å². The van der Waals surface area contributed by atoms with E-state index in [0.717, 1.165) is 22.9 Å². The number of ether oxygens (including phenoxy) is 3. The van der Waals surface area contributed by atoms with Crippen molar-refractivity contribution in [2.75, 3.05) is 20.3 Å². The van der Waals surface area contributed by atoms with Crippen LogP contribution in [-0.2, 0) is 11.2 Å². The Morgan fingerprint density at radius 1 is 0.946 bits per heavy atom. The molecule has 0 N–H and O–H groups in total. The molecule has 37 heavy (non-hydrogen) atoms. The third-order valence-electron chi connectivity index (χ3n) is 5.97. The molecule has 0 amide bonds. The van der Waals surface area contributed by atoms with Gasteiger partial charge < -0.3 is 24.1 Å². The van der Waals surface area contributed by atoms with E-state index in [-0.39, 0.29) is 52.7 Å². The molecule has 4 aromatic rings.